The molecule has 0 bridgehead atoms. The number of allylic oxidation sites excluding steroid dienone is 1. The second kappa shape index (κ2) is 7.79. The molecule has 0 aliphatic carbocycles. The molecule has 1 N–H and O–H groups in total. The van der Waals surface area contributed by atoms with Crippen LogP contribution in [0.2, 0.25) is 0 Å². The first-order valence-corrected chi connectivity index (χ1v) is 8.63. The lowest BCUT2D eigenvalue weighted by Gasteiger charge is -2.13. The summed E-state index contributed by atoms with van der Waals surface area (Å²) in [5.74, 6) is 0.952. The number of hydrogen-bond donors (Lipinski definition) is 1. The first-order chi connectivity index (χ1) is 10.9. The average molecular weight is 353 g/mol. The van der Waals surface area contributed by atoms with Crippen LogP contribution in [0.15, 0.2) is 27.5 Å². The summed E-state index contributed by atoms with van der Waals surface area (Å²) in [6.45, 7) is 4.29. The molecule has 23 heavy (non-hydrogen) atoms. The highest BCUT2D eigenvalue weighted by Gasteiger charge is 2.31. The van der Waals surface area contributed by atoms with Crippen LogP contribution in [0.1, 0.15) is 43.6 Å². The number of furan rings is 1. The fraction of sp³-hybridized carbons (Fsp3) is 0.438. The number of carboxylic acid groups (broad SMARTS) is 1. The van der Waals surface area contributed by atoms with Gasteiger partial charge in [-0.15, -0.1) is 0 Å². The fourth-order valence-electron chi connectivity index (χ4n) is 2.24. The molecule has 1 amide bonds. The van der Waals surface area contributed by atoms with Crippen molar-refractivity contribution in [2.45, 2.75) is 39.0 Å². The number of amides is 1. The van der Waals surface area contributed by atoms with E-state index in [1.165, 1.54) is 16.7 Å². The summed E-state index contributed by atoms with van der Waals surface area (Å²) in [5, 5.41) is 8.66. The van der Waals surface area contributed by atoms with E-state index in [-0.39, 0.29) is 18.2 Å². The molecule has 1 aliphatic heterocycles. The van der Waals surface area contributed by atoms with E-state index in [0.717, 1.165) is 11.5 Å². The first kappa shape index (κ1) is 17.7. The van der Waals surface area contributed by atoms with Crippen molar-refractivity contribution >= 4 is 40.2 Å². The zero-order valence-corrected chi connectivity index (χ0v) is 14.7. The zero-order chi connectivity index (χ0) is 17.0. The lowest BCUT2D eigenvalue weighted by atomic mass is 10.0. The minimum Gasteiger partial charge on any atom is -0.481 e. The van der Waals surface area contributed by atoms with Gasteiger partial charge in [0.05, 0.1) is 4.91 Å². The molecule has 1 aromatic rings. The van der Waals surface area contributed by atoms with Crippen LogP contribution in [0.3, 0.4) is 0 Å². The number of thiocarbonyl (C=S) groups is 1. The summed E-state index contributed by atoms with van der Waals surface area (Å²) in [6.07, 6.45) is 3.01. The first-order valence-electron chi connectivity index (χ1n) is 7.40. The Balaban J connectivity index is 1.94. The molecule has 0 aromatic carbocycles. The van der Waals surface area contributed by atoms with E-state index in [0.29, 0.717) is 28.6 Å². The number of aryl methyl sites for hydroxylation is 1. The topological polar surface area (TPSA) is 70.8 Å². The quantitative estimate of drug-likeness (QED) is 0.595. The predicted molar refractivity (Wildman–Crippen MR) is 93.3 cm³/mol. The summed E-state index contributed by atoms with van der Waals surface area (Å²) in [7, 11) is 0. The van der Waals surface area contributed by atoms with Gasteiger partial charge in [0.15, 0.2) is 0 Å². The smallest absolute Gasteiger partial charge is 0.303 e. The Bertz CT molecular complexity index is 650. The van der Waals surface area contributed by atoms with Crippen molar-refractivity contribution in [1.82, 2.24) is 4.90 Å². The fourth-order valence-corrected chi connectivity index (χ4v) is 3.53. The van der Waals surface area contributed by atoms with Gasteiger partial charge in [0.25, 0.3) is 5.91 Å². The highest BCUT2D eigenvalue weighted by molar-refractivity contribution is 8.26. The summed E-state index contributed by atoms with van der Waals surface area (Å²) in [4.78, 5) is 25.0. The number of thioether (sulfide) groups is 1. The number of carbonyl (C=O) groups excluding carboxylic acids is 1. The standard InChI is InChI=1S/C16H19NO4S2/c1-10(12-7-6-11(2)21-12)5-8-13-15(20)17(16(22)23-13)9-3-4-14(18)19/h6-8,10H,3-5,9H2,1-2H3,(H,18,19)/b13-8-. The number of hydrogen-bond acceptors (Lipinski definition) is 5. The van der Waals surface area contributed by atoms with E-state index in [9.17, 15) is 9.59 Å². The molecule has 1 atom stereocenters. The van der Waals surface area contributed by atoms with Crippen molar-refractivity contribution in [2.24, 2.45) is 0 Å². The molecule has 1 unspecified atom stereocenters. The third-order valence-corrected chi connectivity index (χ3v) is 4.98. The summed E-state index contributed by atoms with van der Waals surface area (Å²) < 4.78 is 6.09. The molecule has 1 saturated heterocycles. The van der Waals surface area contributed by atoms with Gasteiger partial charge in [-0.3, -0.25) is 14.5 Å². The third kappa shape index (κ3) is 4.68. The second-order valence-electron chi connectivity index (χ2n) is 5.48. The highest BCUT2D eigenvalue weighted by Crippen LogP contribution is 2.33. The number of aliphatic carboxylic acids is 1. The number of nitrogens with zero attached hydrogens (tertiary/aromatic N) is 1. The molecule has 5 nitrogen and oxygen atoms in total. The van der Waals surface area contributed by atoms with Crippen LogP contribution in [0, 0.1) is 6.92 Å². The molecule has 1 aromatic heterocycles. The normalized spacial score (nSPS) is 18.0. The van der Waals surface area contributed by atoms with Crippen LogP contribution in [0.5, 0.6) is 0 Å². The molecule has 2 heterocycles. The van der Waals surface area contributed by atoms with Crippen LogP contribution in [0.25, 0.3) is 0 Å². The van der Waals surface area contributed by atoms with E-state index < -0.39 is 5.97 Å². The van der Waals surface area contributed by atoms with Crippen molar-refractivity contribution in [2.75, 3.05) is 6.54 Å². The van der Waals surface area contributed by atoms with Gasteiger partial charge in [-0.25, -0.2) is 0 Å². The van der Waals surface area contributed by atoms with Crippen molar-refractivity contribution in [3.63, 3.8) is 0 Å². The molecule has 7 heteroatoms. The molecule has 1 fully saturated rings. The van der Waals surface area contributed by atoms with Gasteiger partial charge in [0.2, 0.25) is 0 Å². The Labute approximate surface area is 144 Å². The van der Waals surface area contributed by atoms with Gasteiger partial charge < -0.3 is 9.52 Å². The molecular weight excluding hydrogens is 334 g/mol. The van der Waals surface area contributed by atoms with E-state index >= 15 is 0 Å². The zero-order valence-electron chi connectivity index (χ0n) is 13.1. The van der Waals surface area contributed by atoms with E-state index in [1.54, 1.807) is 0 Å². The largest absolute Gasteiger partial charge is 0.481 e. The molecule has 0 saturated carbocycles. The molecule has 0 spiro atoms. The minimum atomic E-state index is -0.867. The lowest BCUT2D eigenvalue weighted by Crippen LogP contribution is -2.29. The minimum absolute atomic E-state index is 0.0327. The Morgan fingerprint density at radius 3 is 2.87 bits per heavy atom. The van der Waals surface area contributed by atoms with Crippen LogP contribution >= 0.6 is 24.0 Å². The highest BCUT2D eigenvalue weighted by atomic mass is 32.2. The maximum absolute atomic E-state index is 12.3. The van der Waals surface area contributed by atoms with Gasteiger partial charge in [-0.2, -0.15) is 0 Å². The van der Waals surface area contributed by atoms with Crippen molar-refractivity contribution in [3.8, 4) is 0 Å². The van der Waals surface area contributed by atoms with E-state index in [2.05, 4.69) is 0 Å². The third-order valence-electron chi connectivity index (χ3n) is 3.55. The monoisotopic (exact) mass is 353 g/mol. The Morgan fingerprint density at radius 2 is 2.26 bits per heavy atom. The Morgan fingerprint density at radius 1 is 1.52 bits per heavy atom. The molecule has 2 rings (SSSR count). The SMILES string of the molecule is Cc1ccc(C(C)C/C=C2\SC(=S)N(CCCC(=O)O)C2=O)o1. The summed E-state index contributed by atoms with van der Waals surface area (Å²) in [5.41, 5.74) is 0. The average Bonchev–Trinajstić information content (AvgIpc) is 3.03. The summed E-state index contributed by atoms with van der Waals surface area (Å²) in [6, 6.07) is 3.87. The molecule has 1 aliphatic rings. The Hall–Kier alpha value is -1.60. The van der Waals surface area contributed by atoms with Crippen molar-refractivity contribution in [1.29, 1.82) is 0 Å². The lowest BCUT2D eigenvalue weighted by molar-refractivity contribution is -0.137. The number of rotatable bonds is 7. The Kier molecular flexibility index (Phi) is 6.01. The van der Waals surface area contributed by atoms with Gasteiger partial charge >= 0.3 is 5.97 Å². The molecule has 124 valence electrons. The van der Waals surface area contributed by atoms with Crippen LogP contribution in [-0.4, -0.2) is 32.7 Å². The molecule has 0 radical (unpaired) electrons. The van der Waals surface area contributed by atoms with Gasteiger partial charge in [0, 0.05) is 18.9 Å². The van der Waals surface area contributed by atoms with Crippen LogP contribution < -0.4 is 0 Å². The van der Waals surface area contributed by atoms with Gasteiger partial charge in [0.1, 0.15) is 15.8 Å². The second-order valence-corrected chi connectivity index (χ2v) is 7.15. The predicted octanol–water partition coefficient (Wildman–Crippen LogP) is 3.69. The van der Waals surface area contributed by atoms with Gasteiger partial charge in [-0.1, -0.05) is 37.0 Å². The van der Waals surface area contributed by atoms with Gasteiger partial charge in [-0.05, 0) is 31.9 Å². The summed E-state index contributed by atoms with van der Waals surface area (Å²) >= 11 is 6.49. The van der Waals surface area contributed by atoms with E-state index in [1.807, 2.05) is 32.1 Å². The number of carboxylic acids is 1. The number of carbonyl (C=O) groups is 2. The van der Waals surface area contributed by atoms with Crippen molar-refractivity contribution < 1.29 is 19.1 Å². The maximum Gasteiger partial charge on any atom is 0.303 e. The van der Waals surface area contributed by atoms with Crippen LogP contribution in [0.4, 0.5) is 0 Å². The maximum atomic E-state index is 12.3. The molecular formula is C16H19NO4S2. The van der Waals surface area contributed by atoms with Crippen LogP contribution in [-0.2, 0) is 9.59 Å². The van der Waals surface area contributed by atoms with Crippen molar-refractivity contribution in [3.05, 3.63) is 34.6 Å². The van der Waals surface area contributed by atoms with E-state index in [4.69, 9.17) is 21.7 Å².